The van der Waals surface area contributed by atoms with E-state index in [0.29, 0.717) is 47.0 Å². The van der Waals surface area contributed by atoms with Crippen molar-refractivity contribution in [1.82, 2.24) is 24.3 Å². The molecule has 2 saturated heterocycles. The van der Waals surface area contributed by atoms with Crippen LogP contribution in [0.4, 0.5) is 8.78 Å². The lowest BCUT2D eigenvalue weighted by Crippen LogP contribution is -2.50. The minimum Gasteiger partial charge on any atom is -0.337 e. The summed E-state index contributed by atoms with van der Waals surface area (Å²) in [5, 5.41) is 0.980. The minimum absolute atomic E-state index is 0.0173. The summed E-state index contributed by atoms with van der Waals surface area (Å²) in [6.07, 6.45) is 0.833. The molecule has 37 heavy (non-hydrogen) atoms. The van der Waals surface area contributed by atoms with Crippen molar-refractivity contribution in [3.05, 3.63) is 59.0 Å². The number of carbonyl (C=O) groups is 2. The summed E-state index contributed by atoms with van der Waals surface area (Å²) >= 11 is 6.15. The van der Waals surface area contributed by atoms with Gasteiger partial charge in [0, 0.05) is 75.3 Å². The summed E-state index contributed by atoms with van der Waals surface area (Å²) in [4.78, 5) is 36.5. The Labute approximate surface area is 219 Å². The quantitative estimate of drug-likeness (QED) is 0.459. The van der Waals surface area contributed by atoms with Gasteiger partial charge in [-0.1, -0.05) is 11.6 Å². The smallest absolute Gasteiger partial charge is 0.270 e. The second kappa shape index (κ2) is 10.0. The highest BCUT2D eigenvalue weighted by atomic mass is 35.5. The molecule has 0 spiro atoms. The van der Waals surface area contributed by atoms with E-state index in [9.17, 15) is 18.4 Å². The molecule has 0 N–H and O–H groups in total. The first-order valence-corrected chi connectivity index (χ1v) is 13.0. The summed E-state index contributed by atoms with van der Waals surface area (Å²) in [5.74, 6) is -3.13. The molecule has 0 unspecified atom stereocenters. The van der Waals surface area contributed by atoms with Gasteiger partial charge >= 0.3 is 0 Å². The maximum Gasteiger partial charge on any atom is 0.270 e. The van der Waals surface area contributed by atoms with Crippen molar-refractivity contribution >= 4 is 34.3 Å². The summed E-state index contributed by atoms with van der Waals surface area (Å²) in [6, 6.07) is 10.9. The van der Waals surface area contributed by atoms with E-state index in [-0.39, 0.29) is 42.9 Å². The summed E-state index contributed by atoms with van der Waals surface area (Å²) in [5.41, 5.74) is 2.23. The molecule has 0 bridgehead atoms. The van der Waals surface area contributed by atoms with E-state index in [4.69, 9.17) is 11.6 Å². The SMILES string of the molecule is CC(C)N1CCN(C(=O)c2ccc3c(c2)cc(C(=O)N2CCC(F)(F)CC2)n3-c2ccnc(Cl)c2)CC1. The van der Waals surface area contributed by atoms with Crippen LogP contribution in [0.3, 0.4) is 0 Å². The molecule has 2 aliphatic heterocycles. The van der Waals surface area contributed by atoms with E-state index in [1.165, 1.54) is 4.90 Å². The van der Waals surface area contributed by atoms with Gasteiger partial charge in [-0.25, -0.2) is 13.8 Å². The largest absolute Gasteiger partial charge is 0.337 e. The molecule has 10 heteroatoms. The number of piperidine rings is 1. The number of hydrogen-bond donors (Lipinski definition) is 0. The number of piperazine rings is 1. The van der Waals surface area contributed by atoms with Gasteiger partial charge < -0.3 is 14.4 Å². The van der Waals surface area contributed by atoms with Crippen LogP contribution in [0.5, 0.6) is 0 Å². The molecule has 196 valence electrons. The molecule has 2 amide bonds. The molecule has 0 radical (unpaired) electrons. The van der Waals surface area contributed by atoms with Gasteiger partial charge in [-0.05, 0) is 50.2 Å². The molecule has 1 aromatic carbocycles. The molecule has 4 heterocycles. The van der Waals surface area contributed by atoms with Crippen molar-refractivity contribution in [3.63, 3.8) is 0 Å². The van der Waals surface area contributed by atoms with Crippen LogP contribution < -0.4 is 0 Å². The van der Waals surface area contributed by atoms with E-state index in [0.717, 1.165) is 13.1 Å². The van der Waals surface area contributed by atoms with Gasteiger partial charge in [0.15, 0.2) is 0 Å². The number of amides is 2. The highest BCUT2D eigenvalue weighted by Gasteiger charge is 2.36. The first kappa shape index (κ1) is 25.6. The topological polar surface area (TPSA) is 61.7 Å². The van der Waals surface area contributed by atoms with E-state index in [1.807, 2.05) is 11.0 Å². The minimum atomic E-state index is -2.75. The number of fused-ring (bicyclic) bond motifs is 1. The highest BCUT2D eigenvalue weighted by molar-refractivity contribution is 6.29. The van der Waals surface area contributed by atoms with Gasteiger partial charge in [-0.3, -0.25) is 14.5 Å². The van der Waals surface area contributed by atoms with Gasteiger partial charge in [0.2, 0.25) is 0 Å². The molecule has 2 fully saturated rings. The van der Waals surface area contributed by atoms with Crippen LogP contribution in [0.15, 0.2) is 42.6 Å². The Hall–Kier alpha value is -3.04. The lowest BCUT2D eigenvalue weighted by Gasteiger charge is -2.37. The normalized spacial score (nSPS) is 18.5. The standard InChI is InChI=1S/C27H30ClF2N5O2/c1-18(2)32-11-13-34(14-12-32)25(36)19-3-4-22-20(15-19)16-23(35(22)21-5-8-31-24(28)17-21)26(37)33-9-6-27(29,30)7-10-33/h3-5,8,15-18H,6-7,9-14H2,1-2H3. The van der Waals surface area contributed by atoms with E-state index >= 15 is 0 Å². The molecular formula is C27H30ClF2N5O2. The molecule has 0 aliphatic carbocycles. The monoisotopic (exact) mass is 529 g/mol. The van der Waals surface area contributed by atoms with Crippen LogP contribution in [0, 0.1) is 0 Å². The number of rotatable bonds is 4. The second-order valence-electron chi connectivity index (χ2n) is 10.0. The van der Waals surface area contributed by atoms with Gasteiger partial charge in [0.1, 0.15) is 10.8 Å². The Bertz CT molecular complexity index is 1320. The molecule has 3 aromatic rings. The third-order valence-corrected chi connectivity index (χ3v) is 7.56. The van der Waals surface area contributed by atoms with Crippen molar-refractivity contribution in [1.29, 1.82) is 0 Å². The Morgan fingerprint density at radius 2 is 1.59 bits per heavy atom. The van der Waals surface area contributed by atoms with Crippen molar-refractivity contribution < 1.29 is 18.4 Å². The molecular weight excluding hydrogens is 500 g/mol. The Morgan fingerprint density at radius 1 is 0.919 bits per heavy atom. The molecule has 7 nitrogen and oxygen atoms in total. The Morgan fingerprint density at radius 3 is 2.24 bits per heavy atom. The zero-order valence-electron chi connectivity index (χ0n) is 21.0. The fourth-order valence-corrected chi connectivity index (χ4v) is 5.31. The fourth-order valence-electron chi connectivity index (χ4n) is 5.14. The van der Waals surface area contributed by atoms with Crippen LogP contribution in [0.2, 0.25) is 5.15 Å². The lowest BCUT2D eigenvalue weighted by atomic mass is 10.1. The second-order valence-corrected chi connectivity index (χ2v) is 10.4. The lowest BCUT2D eigenvalue weighted by molar-refractivity contribution is -0.0495. The highest BCUT2D eigenvalue weighted by Crippen LogP contribution is 2.31. The molecule has 0 saturated carbocycles. The molecule has 5 rings (SSSR count). The maximum atomic E-state index is 13.7. The summed E-state index contributed by atoms with van der Waals surface area (Å²) in [7, 11) is 0. The zero-order chi connectivity index (χ0) is 26.3. The van der Waals surface area contributed by atoms with Crippen molar-refractivity contribution in [3.8, 4) is 5.69 Å². The van der Waals surface area contributed by atoms with Gasteiger partial charge in [-0.15, -0.1) is 0 Å². The number of pyridine rings is 1. The number of alkyl halides is 2. The zero-order valence-corrected chi connectivity index (χ0v) is 21.7. The van der Waals surface area contributed by atoms with Gasteiger partial charge in [-0.2, -0.15) is 0 Å². The van der Waals surface area contributed by atoms with E-state index < -0.39 is 5.92 Å². The molecule has 2 aromatic heterocycles. The average molecular weight is 530 g/mol. The number of aromatic nitrogens is 2. The van der Waals surface area contributed by atoms with Crippen molar-refractivity contribution in [2.45, 2.75) is 38.7 Å². The Balaban J connectivity index is 1.49. The third-order valence-electron chi connectivity index (χ3n) is 7.35. The van der Waals surface area contributed by atoms with Crippen LogP contribution >= 0.6 is 11.6 Å². The Kier molecular flexibility index (Phi) is 6.93. The number of likely N-dealkylation sites (tertiary alicyclic amines) is 1. The van der Waals surface area contributed by atoms with Gasteiger partial charge in [0.05, 0.1) is 11.2 Å². The predicted octanol–water partition coefficient (Wildman–Crippen LogP) is 4.72. The predicted molar refractivity (Wildman–Crippen MR) is 139 cm³/mol. The number of hydrogen-bond acceptors (Lipinski definition) is 4. The number of carbonyl (C=O) groups excluding carboxylic acids is 2. The van der Waals surface area contributed by atoms with Crippen LogP contribution in [0.1, 0.15) is 47.5 Å². The van der Waals surface area contributed by atoms with Crippen LogP contribution in [0.25, 0.3) is 16.6 Å². The maximum absolute atomic E-state index is 13.7. The third kappa shape index (κ3) is 5.20. The first-order chi connectivity index (χ1) is 17.6. The van der Waals surface area contributed by atoms with Crippen molar-refractivity contribution in [2.24, 2.45) is 0 Å². The number of nitrogens with zero attached hydrogens (tertiary/aromatic N) is 5. The molecule has 0 atom stereocenters. The fraction of sp³-hybridized carbons (Fsp3) is 0.444. The van der Waals surface area contributed by atoms with E-state index in [2.05, 4.69) is 23.7 Å². The number of benzene rings is 1. The number of halogens is 3. The van der Waals surface area contributed by atoms with Crippen LogP contribution in [-0.2, 0) is 0 Å². The average Bonchev–Trinajstić information content (AvgIpc) is 3.27. The van der Waals surface area contributed by atoms with Crippen LogP contribution in [-0.4, -0.2) is 87.3 Å². The van der Waals surface area contributed by atoms with Gasteiger partial charge in [0.25, 0.3) is 17.7 Å². The van der Waals surface area contributed by atoms with E-state index in [1.54, 1.807) is 41.1 Å². The molecule has 2 aliphatic rings. The van der Waals surface area contributed by atoms with Crippen molar-refractivity contribution in [2.75, 3.05) is 39.3 Å². The summed E-state index contributed by atoms with van der Waals surface area (Å²) < 4.78 is 29.2. The first-order valence-electron chi connectivity index (χ1n) is 12.6. The summed E-state index contributed by atoms with van der Waals surface area (Å²) in [6.45, 7) is 7.26.